The third-order valence-electron chi connectivity index (χ3n) is 6.60. The van der Waals surface area contributed by atoms with Crippen LogP contribution in [0, 0.1) is 0 Å². The molecule has 2 aliphatic heterocycles. The number of hydrogen-bond donors (Lipinski definition) is 2. The third kappa shape index (κ3) is 3.17. The first-order valence-corrected chi connectivity index (χ1v) is 10.3. The maximum atomic E-state index is 14.7. The summed E-state index contributed by atoms with van der Waals surface area (Å²) >= 11 is 0. The Morgan fingerprint density at radius 1 is 1.16 bits per heavy atom. The fourth-order valence-electron chi connectivity index (χ4n) is 5.13. The van der Waals surface area contributed by atoms with Gasteiger partial charge in [-0.25, -0.2) is 13.8 Å². The Labute approximate surface area is 183 Å². The number of aromatic hydroxyl groups is 1. The lowest BCUT2D eigenvalue weighted by atomic mass is 9.83. The lowest BCUT2D eigenvalue weighted by Crippen LogP contribution is -2.67. The summed E-state index contributed by atoms with van der Waals surface area (Å²) in [7, 11) is 1.48. The average Bonchev–Trinajstić information content (AvgIpc) is 2.88. The van der Waals surface area contributed by atoms with Crippen LogP contribution < -0.4 is 10.1 Å². The number of benzene rings is 1. The summed E-state index contributed by atoms with van der Waals surface area (Å²) in [4.78, 5) is 8.31. The van der Waals surface area contributed by atoms with Gasteiger partial charge in [-0.3, -0.25) is 10.3 Å². The summed E-state index contributed by atoms with van der Waals surface area (Å²) in [6, 6.07) is 5.15. The summed E-state index contributed by atoms with van der Waals surface area (Å²) in [5.74, 6) is -2.58. The number of halogens is 2. The van der Waals surface area contributed by atoms with Crippen molar-refractivity contribution in [2.45, 2.75) is 55.9 Å². The van der Waals surface area contributed by atoms with Crippen molar-refractivity contribution in [2.24, 2.45) is 0 Å². The zero-order chi connectivity index (χ0) is 22.7. The van der Waals surface area contributed by atoms with E-state index in [9.17, 15) is 13.9 Å². The smallest absolute Gasteiger partial charge is 0.267 e. The molecule has 10 heteroatoms. The van der Waals surface area contributed by atoms with E-state index in [4.69, 9.17) is 9.47 Å². The Balaban J connectivity index is 1.41. The predicted molar refractivity (Wildman–Crippen MR) is 112 cm³/mol. The normalized spacial score (nSPS) is 31.0. The number of phenolic OH excluding ortho intramolecular Hbond substituents is 1. The third-order valence-corrected chi connectivity index (χ3v) is 6.60. The number of alkyl halides is 2. The van der Waals surface area contributed by atoms with Crippen LogP contribution in [0.15, 0.2) is 36.8 Å². The number of methoxy groups -OCH3 is 1. The predicted octanol–water partition coefficient (Wildman–Crippen LogP) is 3.10. The molecule has 4 heterocycles. The molecule has 2 aliphatic rings. The second-order valence-corrected chi connectivity index (χ2v) is 8.98. The molecule has 2 bridgehead atoms. The highest BCUT2D eigenvalue weighted by Crippen LogP contribution is 2.52. The van der Waals surface area contributed by atoms with Crippen LogP contribution in [0.3, 0.4) is 0 Å². The Morgan fingerprint density at radius 3 is 2.69 bits per heavy atom. The molecule has 4 atom stereocenters. The van der Waals surface area contributed by atoms with Crippen molar-refractivity contribution in [3.05, 3.63) is 36.8 Å². The largest absolute Gasteiger partial charge is 0.507 e. The quantitative estimate of drug-likeness (QED) is 0.634. The molecule has 3 aromatic rings. The molecule has 2 aromatic heterocycles. The van der Waals surface area contributed by atoms with Gasteiger partial charge >= 0.3 is 0 Å². The number of nitrogens with one attached hydrogen (secondary N) is 1. The first-order valence-electron chi connectivity index (χ1n) is 10.3. The van der Waals surface area contributed by atoms with Crippen molar-refractivity contribution >= 4 is 10.8 Å². The van der Waals surface area contributed by atoms with E-state index in [1.54, 1.807) is 31.5 Å². The number of phenols is 1. The number of rotatable bonds is 4. The van der Waals surface area contributed by atoms with Gasteiger partial charge in [0.15, 0.2) is 5.82 Å². The van der Waals surface area contributed by atoms with E-state index in [0.29, 0.717) is 5.56 Å². The van der Waals surface area contributed by atoms with E-state index in [2.05, 4.69) is 25.5 Å². The lowest BCUT2D eigenvalue weighted by molar-refractivity contribution is -0.0966. The van der Waals surface area contributed by atoms with Gasteiger partial charge in [-0.05, 0) is 37.4 Å². The van der Waals surface area contributed by atoms with Crippen molar-refractivity contribution < 1.29 is 23.4 Å². The van der Waals surface area contributed by atoms with E-state index in [0.717, 1.165) is 10.8 Å². The zero-order valence-corrected chi connectivity index (χ0v) is 17.8. The summed E-state index contributed by atoms with van der Waals surface area (Å²) in [5.41, 5.74) is -1.94. The highest BCUT2D eigenvalue weighted by molar-refractivity contribution is 5.88. The lowest BCUT2D eigenvalue weighted by Gasteiger charge is -2.46. The van der Waals surface area contributed by atoms with E-state index < -0.39 is 29.2 Å². The highest BCUT2D eigenvalue weighted by atomic mass is 19.3. The molecule has 0 aliphatic carbocycles. The first-order chi connectivity index (χ1) is 15.1. The molecule has 0 amide bonds. The molecular weight excluding hydrogens is 420 g/mol. The average molecular weight is 443 g/mol. The Hall–Kier alpha value is -2.98. The Bertz CT molecular complexity index is 1170. The second-order valence-electron chi connectivity index (χ2n) is 8.98. The van der Waals surface area contributed by atoms with Gasteiger partial charge in [0.05, 0.1) is 22.8 Å². The van der Waals surface area contributed by atoms with Crippen LogP contribution in [0.2, 0.25) is 0 Å². The molecular formula is C22H23F2N5O3. The fourth-order valence-corrected chi connectivity index (χ4v) is 5.13. The molecule has 0 unspecified atom stereocenters. The van der Waals surface area contributed by atoms with Crippen LogP contribution in [0.4, 0.5) is 8.78 Å². The molecule has 0 radical (unpaired) electrons. The SMILES string of the molecule is CO[C@@H]1[C@@H](Oc2cnc(-c3cc4ccncc4cc3O)nn2)C[C@@]2(C)N[C@]1(C)CC2(F)F. The summed E-state index contributed by atoms with van der Waals surface area (Å²) in [6.45, 7) is 3.23. The molecule has 32 heavy (non-hydrogen) atoms. The number of nitrogens with zero attached hydrogens (tertiary/aromatic N) is 4. The molecule has 0 spiro atoms. The maximum absolute atomic E-state index is 14.7. The molecule has 2 saturated heterocycles. The molecule has 8 nitrogen and oxygen atoms in total. The minimum absolute atomic E-state index is 0.00146. The summed E-state index contributed by atoms with van der Waals surface area (Å²) in [6.07, 6.45) is 3.11. The Morgan fingerprint density at radius 2 is 1.97 bits per heavy atom. The van der Waals surface area contributed by atoms with Gasteiger partial charge < -0.3 is 14.6 Å². The van der Waals surface area contributed by atoms with E-state index in [1.165, 1.54) is 20.2 Å². The summed E-state index contributed by atoms with van der Waals surface area (Å²) < 4.78 is 40.9. The van der Waals surface area contributed by atoms with Gasteiger partial charge in [0, 0.05) is 37.7 Å². The molecule has 2 N–H and O–H groups in total. The number of pyridine rings is 1. The topological polar surface area (TPSA) is 102 Å². The first kappa shape index (κ1) is 20.9. The zero-order valence-electron chi connectivity index (χ0n) is 17.8. The second kappa shape index (κ2) is 7.01. The van der Waals surface area contributed by atoms with Crippen LogP contribution in [0.25, 0.3) is 22.2 Å². The molecule has 2 fully saturated rings. The molecule has 0 saturated carbocycles. The van der Waals surface area contributed by atoms with Gasteiger partial charge in [0.25, 0.3) is 11.8 Å². The van der Waals surface area contributed by atoms with Crippen molar-refractivity contribution in [1.82, 2.24) is 25.5 Å². The van der Waals surface area contributed by atoms with Crippen molar-refractivity contribution in [2.75, 3.05) is 7.11 Å². The molecule has 5 rings (SSSR count). The van der Waals surface area contributed by atoms with Crippen molar-refractivity contribution in [3.63, 3.8) is 0 Å². The minimum Gasteiger partial charge on any atom is -0.507 e. The van der Waals surface area contributed by atoms with Crippen LogP contribution >= 0.6 is 0 Å². The molecule has 168 valence electrons. The van der Waals surface area contributed by atoms with Crippen molar-refractivity contribution in [3.8, 4) is 23.0 Å². The minimum atomic E-state index is -2.90. The molecule has 1 aromatic carbocycles. The monoisotopic (exact) mass is 443 g/mol. The van der Waals surface area contributed by atoms with Gasteiger partial charge in [0.1, 0.15) is 18.0 Å². The maximum Gasteiger partial charge on any atom is 0.267 e. The number of piperidine rings is 1. The van der Waals surface area contributed by atoms with E-state index >= 15 is 0 Å². The highest BCUT2D eigenvalue weighted by Gasteiger charge is 2.69. The van der Waals surface area contributed by atoms with Crippen LogP contribution in [-0.2, 0) is 4.74 Å². The van der Waals surface area contributed by atoms with Crippen LogP contribution in [0.1, 0.15) is 26.7 Å². The standard InChI is InChI=1S/C22H23F2N5O3/c1-20-11-22(23,24)21(2,29-20)8-16(18(20)31-3)32-17-10-26-19(28-27-17)14-6-12-4-5-25-9-13(12)7-15(14)30/h4-7,9-10,16,18,29-30H,8,11H2,1-3H3/t16-,18+,20+,21+/m0/s1. The van der Waals surface area contributed by atoms with Crippen molar-refractivity contribution in [1.29, 1.82) is 0 Å². The summed E-state index contributed by atoms with van der Waals surface area (Å²) in [5, 5.41) is 23.2. The number of fused-ring (bicyclic) bond motifs is 3. The Kier molecular flexibility index (Phi) is 4.58. The van der Waals surface area contributed by atoms with Crippen LogP contribution in [0.5, 0.6) is 11.6 Å². The van der Waals surface area contributed by atoms with E-state index in [-0.39, 0.29) is 30.3 Å². The fraction of sp³-hybridized carbons (Fsp3) is 0.455. The number of aromatic nitrogens is 4. The van der Waals surface area contributed by atoms with Gasteiger partial charge in [-0.1, -0.05) is 0 Å². The van der Waals surface area contributed by atoms with Gasteiger partial charge in [-0.15, -0.1) is 10.2 Å². The van der Waals surface area contributed by atoms with Gasteiger partial charge in [0.2, 0.25) is 0 Å². The van der Waals surface area contributed by atoms with E-state index in [1.807, 2.05) is 6.07 Å². The van der Waals surface area contributed by atoms with Gasteiger partial charge in [-0.2, -0.15) is 0 Å². The number of ether oxygens (including phenoxy) is 2. The number of hydrogen-bond acceptors (Lipinski definition) is 8. The van der Waals surface area contributed by atoms with Crippen LogP contribution in [-0.4, -0.2) is 61.6 Å².